The van der Waals surface area contributed by atoms with E-state index in [4.69, 9.17) is 21.1 Å². The second kappa shape index (κ2) is 6.69. The average molecular weight is 328 g/mol. The van der Waals surface area contributed by atoms with Crippen molar-refractivity contribution in [3.63, 3.8) is 0 Å². The number of amides is 1. The monoisotopic (exact) mass is 327 g/mol. The van der Waals surface area contributed by atoms with E-state index < -0.39 is 5.60 Å². The summed E-state index contributed by atoms with van der Waals surface area (Å²) < 4.78 is 11.0. The van der Waals surface area contributed by atoms with Crippen molar-refractivity contribution in [3.05, 3.63) is 17.0 Å². The lowest BCUT2D eigenvalue weighted by Gasteiger charge is -2.24. The molecule has 1 saturated heterocycles. The molecule has 0 N–H and O–H groups in total. The summed E-state index contributed by atoms with van der Waals surface area (Å²) in [5, 5.41) is 0.178. The number of nitrogens with zero attached hydrogens (tertiary/aromatic N) is 3. The number of halogens is 1. The zero-order chi connectivity index (χ0) is 16.3. The van der Waals surface area contributed by atoms with Crippen LogP contribution in [0.1, 0.15) is 32.9 Å². The van der Waals surface area contributed by atoms with Crippen LogP contribution in [-0.2, 0) is 4.74 Å². The van der Waals surface area contributed by atoms with Crippen molar-refractivity contribution in [2.24, 2.45) is 5.92 Å². The third-order valence-electron chi connectivity index (χ3n) is 3.21. The van der Waals surface area contributed by atoms with Crippen molar-refractivity contribution in [2.75, 3.05) is 19.7 Å². The fourth-order valence-electron chi connectivity index (χ4n) is 2.24. The number of hydrogen-bond donors (Lipinski definition) is 0. The van der Waals surface area contributed by atoms with Crippen LogP contribution in [0.25, 0.3) is 0 Å². The van der Waals surface area contributed by atoms with Gasteiger partial charge in [0, 0.05) is 30.8 Å². The van der Waals surface area contributed by atoms with E-state index in [9.17, 15) is 4.79 Å². The second-order valence-electron chi connectivity index (χ2n) is 6.51. The first kappa shape index (κ1) is 16.8. The van der Waals surface area contributed by atoms with Crippen LogP contribution >= 0.6 is 11.6 Å². The molecule has 122 valence electrons. The number of ether oxygens (including phenoxy) is 2. The van der Waals surface area contributed by atoms with E-state index >= 15 is 0 Å². The van der Waals surface area contributed by atoms with E-state index in [0.717, 1.165) is 12.1 Å². The van der Waals surface area contributed by atoms with E-state index in [-0.39, 0.29) is 17.3 Å². The third kappa shape index (κ3) is 5.02. The first-order chi connectivity index (χ1) is 10.2. The second-order valence-corrected chi connectivity index (χ2v) is 6.85. The van der Waals surface area contributed by atoms with Gasteiger partial charge >= 0.3 is 6.09 Å². The average Bonchev–Trinajstić information content (AvgIpc) is 2.82. The van der Waals surface area contributed by atoms with Crippen LogP contribution in [0.3, 0.4) is 0 Å². The predicted molar refractivity (Wildman–Crippen MR) is 83.2 cm³/mol. The van der Waals surface area contributed by atoms with Gasteiger partial charge in [0.05, 0.1) is 6.61 Å². The molecule has 22 heavy (non-hydrogen) atoms. The third-order valence-corrected chi connectivity index (χ3v) is 3.38. The molecule has 0 spiro atoms. The van der Waals surface area contributed by atoms with Gasteiger partial charge in [0.25, 0.3) is 0 Å². The van der Waals surface area contributed by atoms with Gasteiger partial charge in [-0.05, 0) is 45.7 Å². The minimum atomic E-state index is -0.471. The van der Waals surface area contributed by atoms with Gasteiger partial charge in [0.1, 0.15) is 5.60 Å². The van der Waals surface area contributed by atoms with Crippen LogP contribution in [0.5, 0.6) is 5.88 Å². The smallest absolute Gasteiger partial charge is 0.410 e. The SMILES string of the molecule is Cc1cc(OCC2CCN(C(=O)OC(C)(C)C)C2)nc(Cl)n1. The summed E-state index contributed by atoms with van der Waals surface area (Å²) in [6.45, 7) is 9.24. The number of rotatable bonds is 3. The van der Waals surface area contributed by atoms with Crippen molar-refractivity contribution >= 4 is 17.7 Å². The highest BCUT2D eigenvalue weighted by Gasteiger charge is 2.30. The van der Waals surface area contributed by atoms with E-state index in [2.05, 4.69) is 9.97 Å². The summed E-state index contributed by atoms with van der Waals surface area (Å²) in [5.74, 6) is 0.731. The lowest BCUT2D eigenvalue weighted by molar-refractivity contribution is 0.0284. The lowest BCUT2D eigenvalue weighted by atomic mass is 10.1. The molecule has 1 aromatic heterocycles. The van der Waals surface area contributed by atoms with Crippen LogP contribution in [-0.4, -0.2) is 46.3 Å². The van der Waals surface area contributed by atoms with Crippen LogP contribution < -0.4 is 4.74 Å². The van der Waals surface area contributed by atoms with Gasteiger partial charge in [0.15, 0.2) is 0 Å². The topological polar surface area (TPSA) is 64.5 Å². The van der Waals surface area contributed by atoms with Crippen molar-refractivity contribution < 1.29 is 14.3 Å². The molecule has 1 amide bonds. The maximum absolute atomic E-state index is 12.0. The molecule has 2 heterocycles. The molecule has 6 nitrogen and oxygen atoms in total. The Morgan fingerprint density at radius 1 is 1.45 bits per heavy atom. The van der Waals surface area contributed by atoms with E-state index in [1.54, 1.807) is 11.0 Å². The van der Waals surface area contributed by atoms with Crippen molar-refractivity contribution in [2.45, 2.75) is 39.7 Å². The summed E-state index contributed by atoms with van der Waals surface area (Å²) in [6, 6.07) is 1.74. The summed E-state index contributed by atoms with van der Waals surface area (Å²) in [5.41, 5.74) is 0.290. The molecular weight excluding hydrogens is 306 g/mol. The molecular formula is C15H22ClN3O3. The standard InChI is InChI=1S/C15H22ClN3O3/c1-10-7-12(18-13(16)17-10)21-9-11-5-6-19(8-11)14(20)22-15(2,3)4/h7,11H,5-6,8-9H2,1-4H3. The van der Waals surface area contributed by atoms with Crippen LogP contribution in [0.2, 0.25) is 5.28 Å². The number of hydrogen-bond acceptors (Lipinski definition) is 5. The lowest BCUT2D eigenvalue weighted by Crippen LogP contribution is -2.35. The fraction of sp³-hybridized carbons (Fsp3) is 0.667. The van der Waals surface area contributed by atoms with Crippen molar-refractivity contribution in [1.82, 2.24) is 14.9 Å². The number of aromatic nitrogens is 2. The molecule has 0 aliphatic carbocycles. The van der Waals surface area contributed by atoms with Crippen molar-refractivity contribution in [1.29, 1.82) is 0 Å². The van der Waals surface area contributed by atoms with Crippen LogP contribution in [0.15, 0.2) is 6.07 Å². The van der Waals surface area contributed by atoms with E-state index in [0.29, 0.717) is 25.6 Å². The zero-order valence-corrected chi connectivity index (χ0v) is 14.2. The van der Waals surface area contributed by atoms with Gasteiger partial charge in [-0.3, -0.25) is 0 Å². The molecule has 1 aliphatic heterocycles. The molecule has 2 rings (SSSR count). The molecule has 1 unspecified atom stereocenters. The molecule has 1 aromatic rings. The summed E-state index contributed by atoms with van der Waals surface area (Å²) >= 11 is 5.80. The van der Waals surface area contributed by atoms with Gasteiger partial charge in [-0.1, -0.05) is 0 Å². The highest BCUT2D eigenvalue weighted by Crippen LogP contribution is 2.21. The Balaban J connectivity index is 1.82. The molecule has 0 radical (unpaired) electrons. The molecule has 1 aliphatic rings. The van der Waals surface area contributed by atoms with E-state index in [1.165, 1.54) is 0 Å². The van der Waals surface area contributed by atoms with Gasteiger partial charge in [-0.15, -0.1) is 0 Å². The molecule has 0 saturated carbocycles. The predicted octanol–water partition coefficient (Wildman–Crippen LogP) is 3.07. The van der Waals surface area contributed by atoms with Crippen LogP contribution in [0.4, 0.5) is 4.79 Å². The number of likely N-dealkylation sites (tertiary alicyclic amines) is 1. The Labute approximate surface area is 135 Å². The Bertz CT molecular complexity index is 525. The first-order valence-electron chi connectivity index (χ1n) is 7.35. The summed E-state index contributed by atoms with van der Waals surface area (Å²) in [4.78, 5) is 21.7. The fourth-order valence-corrected chi connectivity index (χ4v) is 2.46. The number of carbonyl (C=O) groups excluding carboxylic acids is 1. The molecule has 7 heteroatoms. The Morgan fingerprint density at radius 3 is 2.82 bits per heavy atom. The summed E-state index contributed by atoms with van der Waals surface area (Å²) in [6.07, 6.45) is 0.618. The Hall–Kier alpha value is -1.56. The molecule has 1 atom stereocenters. The minimum absolute atomic E-state index is 0.178. The van der Waals surface area contributed by atoms with Crippen molar-refractivity contribution in [3.8, 4) is 5.88 Å². The quantitative estimate of drug-likeness (QED) is 0.798. The maximum atomic E-state index is 12.0. The molecule has 0 bridgehead atoms. The van der Waals surface area contributed by atoms with Gasteiger partial charge in [-0.25, -0.2) is 9.78 Å². The molecule has 1 fully saturated rings. The number of aryl methyl sites for hydroxylation is 1. The largest absolute Gasteiger partial charge is 0.477 e. The highest BCUT2D eigenvalue weighted by molar-refractivity contribution is 6.28. The molecule has 0 aromatic carbocycles. The van der Waals surface area contributed by atoms with Gasteiger partial charge < -0.3 is 14.4 Å². The van der Waals surface area contributed by atoms with E-state index in [1.807, 2.05) is 27.7 Å². The first-order valence-corrected chi connectivity index (χ1v) is 7.72. The van der Waals surface area contributed by atoms with Crippen LogP contribution in [0, 0.1) is 12.8 Å². The number of carbonyl (C=O) groups is 1. The highest BCUT2D eigenvalue weighted by atomic mass is 35.5. The normalized spacial score (nSPS) is 18.4. The van der Waals surface area contributed by atoms with Gasteiger partial charge in [-0.2, -0.15) is 4.98 Å². The summed E-state index contributed by atoms with van der Waals surface area (Å²) in [7, 11) is 0. The maximum Gasteiger partial charge on any atom is 0.410 e. The zero-order valence-electron chi connectivity index (χ0n) is 13.4. The Morgan fingerprint density at radius 2 is 2.18 bits per heavy atom. The Kier molecular flexibility index (Phi) is 5.11. The van der Waals surface area contributed by atoms with Gasteiger partial charge in [0.2, 0.25) is 11.2 Å². The minimum Gasteiger partial charge on any atom is -0.477 e.